The van der Waals surface area contributed by atoms with Crippen molar-refractivity contribution in [1.82, 2.24) is 5.32 Å². The largest absolute Gasteiger partial charge is 0.378 e. The van der Waals surface area contributed by atoms with Crippen molar-refractivity contribution in [2.45, 2.75) is 13.1 Å². The maximum absolute atomic E-state index is 5.93. The van der Waals surface area contributed by atoms with E-state index in [-0.39, 0.29) is 0 Å². The molecule has 0 unspecified atom stereocenters. The summed E-state index contributed by atoms with van der Waals surface area (Å²) < 4.78 is 1.04. The minimum Gasteiger partial charge on any atom is -0.378 e. The zero-order chi connectivity index (χ0) is 14.5. The van der Waals surface area contributed by atoms with Gasteiger partial charge in [-0.05, 0) is 35.4 Å². The third-order valence-electron chi connectivity index (χ3n) is 3.11. The van der Waals surface area contributed by atoms with Crippen molar-refractivity contribution in [3.05, 3.63) is 63.1 Å². The Kier molecular flexibility index (Phi) is 5.46. The van der Waals surface area contributed by atoms with E-state index in [9.17, 15) is 0 Å². The predicted octanol–water partition coefficient (Wildman–Crippen LogP) is 4.46. The van der Waals surface area contributed by atoms with E-state index in [4.69, 9.17) is 11.6 Å². The van der Waals surface area contributed by atoms with Crippen molar-refractivity contribution in [2.75, 3.05) is 19.0 Å². The zero-order valence-electron chi connectivity index (χ0n) is 11.7. The number of hydrogen-bond acceptors (Lipinski definition) is 2. The standard InChI is InChI=1S/C16H18BrClN2/c1-20(2)15-7-3-12(4-8-15)10-19-11-13-5-6-14(18)9-16(13)17/h3-9,19H,10-11H2,1-2H3. The van der Waals surface area contributed by atoms with Gasteiger partial charge in [-0.15, -0.1) is 0 Å². The van der Waals surface area contributed by atoms with Crippen molar-refractivity contribution in [3.63, 3.8) is 0 Å². The topological polar surface area (TPSA) is 15.3 Å². The van der Waals surface area contributed by atoms with E-state index >= 15 is 0 Å². The number of halogens is 2. The van der Waals surface area contributed by atoms with Crippen molar-refractivity contribution in [1.29, 1.82) is 0 Å². The molecule has 0 aromatic heterocycles. The van der Waals surface area contributed by atoms with Gasteiger partial charge in [0.05, 0.1) is 0 Å². The molecular formula is C16H18BrClN2. The van der Waals surface area contributed by atoms with Crippen LogP contribution in [-0.4, -0.2) is 14.1 Å². The lowest BCUT2D eigenvalue weighted by Crippen LogP contribution is -2.13. The molecular weight excluding hydrogens is 336 g/mol. The summed E-state index contributed by atoms with van der Waals surface area (Å²) in [5.74, 6) is 0. The lowest BCUT2D eigenvalue weighted by atomic mass is 10.2. The first-order valence-corrected chi connectivity index (χ1v) is 7.64. The molecule has 0 radical (unpaired) electrons. The summed E-state index contributed by atoms with van der Waals surface area (Å²) in [6.07, 6.45) is 0. The van der Waals surface area contributed by atoms with Gasteiger partial charge in [0, 0.05) is 42.4 Å². The molecule has 0 aliphatic heterocycles. The van der Waals surface area contributed by atoms with Gasteiger partial charge in [-0.3, -0.25) is 0 Å². The number of nitrogens with zero attached hydrogens (tertiary/aromatic N) is 1. The van der Waals surface area contributed by atoms with E-state index in [1.165, 1.54) is 16.8 Å². The molecule has 0 spiro atoms. The van der Waals surface area contributed by atoms with Crippen molar-refractivity contribution in [2.24, 2.45) is 0 Å². The Morgan fingerprint density at radius 1 is 1.05 bits per heavy atom. The summed E-state index contributed by atoms with van der Waals surface area (Å²) in [6.45, 7) is 1.66. The first-order chi connectivity index (χ1) is 9.56. The number of hydrogen-bond donors (Lipinski definition) is 1. The minimum atomic E-state index is 0.750. The van der Waals surface area contributed by atoms with E-state index in [1.54, 1.807) is 0 Å². The molecule has 0 aliphatic rings. The Labute approximate surface area is 133 Å². The summed E-state index contributed by atoms with van der Waals surface area (Å²) in [6, 6.07) is 14.4. The SMILES string of the molecule is CN(C)c1ccc(CNCc2ccc(Cl)cc2Br)cc1. The van der Waals surface area contributed by atoms with Crippen molar-refractivity contribution < 1.29 is 0 Å². The molecule has 0 atom stereocenters. The molecule has 20 heavy (non-hydrogen) atoms. The molecule has 0 amide bonds. The molecule has 2 nitrogen and oxygen atoms in total. The van der Waals surface area contributed by atoms with Gasteiger partial charge >= 0.3 is 0 Å². The van der Waals surface area contributed by atoms with Crippen molar-refractivity contribution in [3.8, 4) is 0 Å². The first kappa shape index (κ1) is 15.4. The van der Waals surface area contributed by atoms with Gasteiger partial charge in [0.25, 0.3) is 0 Å². The summed E-state index contributed by atoms with van der Waals surface area (Å²) in [5, 5.41) is 4.19. The minimum absolute atomic E-state index is 0.750. The van der Waals surface area contributed by atoms with E-state index in [0.717, 1.165) is 22.6 Å². The molecule has 2 aromatic rings. The second-order valence-electron chi connectivity index (χ2n) is 4.90. The van der Waals surface area contributed by atoms with Crippen LogP contribution in [0.5, 0.6) is 0 Å². The average molecular weight is 354 g/mol. The third-order valence-corrected chi connectivity index (χ3v) is 4.09. The van der Waals surface area contributed by atoms with Gasteiger partial charge in [0.1, 0.15) is 0 Å². The first-order valence-electron chi connectivity index (χ1n) is 6.47. The predicted molar refractivity (Wildman–Crippen MR) is 90.5 cm³/mol. The third kappa shape index (κ3) is 4.23. The second-order valence-corrected chi connectivity index (χ2v) is 6.19. The van der Waals surface area contributed by atoms with Gasteiger partial charge in [-0.2, -0.15) is 0 Å². The van der Waals surface area contributed by atoms with E-state index < -0.39 is 0 Å². The molecule has 0 bridgehead atoms. The van der Waals surface area contributed by atoms with E-state index in [1.807, 2.05) is 32.3 Å². The van der Waals surface area contributed by atoms with Gasteiger partial charge in [0.15, 0.2) is 0 Å². The Balaban J connectivity index is 1.89. The van der Waals surface area contributed by atoms with E-state index in [2.05, 4.69) is 50.4 Å². The van der Waals surface area contributed by atoms with Crippen LogP contribution in [0, 0.1) is 0 Å². The highest BCUT2D eigenvalue weighted by atomic mass is 79.9. The normalized spacial score (nSPS) is 10.6. The fraction of sp³-hybridized carbons (Fsp3) is 0.250. The summed E-state index contributed by atoms with van der Waals surface area (Å²) in [5.41, 5.74) is 3.70. The Morgan fingerprint density at radius 2 is 1.75 bits per heavy atom. The molecule has 0 heterocycles. The Morgan fingerprint density at radius 3 is 2.35 bits per heavy atom. The van der Waals surface area contributed by atoms with Crippen LogP contribution in [0.4, 0.5) is 5.69 Å². The summed E-state index contributed by atoms with van der Waals surface area (Å²) in [4.78, 5) is 2.10. The van der Waals surface area contributed by atoms with Gasteiger partial charge < -0.3 is 10.2 Å². The van der Waals surface area contributed by atoms with Crippen LogP contribution in [0.2, 0.25) is 5.02 Å². The Bertz CT molecular complexity index is 567. The smallest absolute Gasteiger partial charge is 0.0417 e. The molecule has 2 rings (SSSR count). The highest BCUT2D eigenvalue weighted by Gasteiger charge is 2.01. The Hall–Kier alpha value is -1.03. The van der Waals surface area contributed by atoms with Gasteiger partial charge in [-0.1, -0.05) is 45.7 Å². The zero-order valence-corrected chi connectivity index (χ0v) is 14.0. The van der Waals surface area contributed by atoms with Crippen LogP contribution >= 0.6 is 27.5 Å². The monoisotopic (exact) mass is 352 g/mol. The number of benzene rings is 2. The average Bonchev–Trinajstić information content (AvgIpc) is 2.42. The lowest BCUT2D eigenvalue weighted by molar-refractivity contribution is 0.691. The van der Waals surface area contributed by atoms with Crippen LogP contribution in [-0.2, 0) is 13.1 Å². The van der Waals surface area contributed by atoms with E-state index in [0.29, 0.717) is 0 Å². The lowest BCUT2D eigenvalue weighted by Gasteiger charge is -2.13. The maximum atomic E-state index is 5.93. The number of anilines is 1. The molecule has 0 saturated heterocycles. The molecule has 2 aromatic carbocycles. The van der Waals surface area contributed by atoms with Crippen LogP contribution in [0.3, 0.4) is 0 Å². The van der Waals surface area contributed by atoms with Crippen LogP contribution in [0.25, 0.3) is 0 Å². The fourth-order valence-electron chi connectivity index (χ4n) is 1.92. The van der Waals surface area contributed by atoms with Gasteiger partial charge in [0.2, 0.25) is 0 Å². The van der Waals surface area contributed by atoms with Gasteiger partial charge in [-0.25, -0.2) is 0 Å². The molecule has 1 N–H and O–H groups in total. The van der Waals surface area contributed by atoms with Crippen LogP contribution in [0.15, 0.2) is 46.9 Å². The molecule has 0 saturated carbocycles. The summed E-state index contributed by atoms with van der Waals surface area (Å²) in [7, 11) is 4.09. The van der Waals surface area contributed by atoms with Crippen LogP contribution in [0.1, 0.15) is 11.1 Å². The highest BCUT2D eigenvalue weighted by molar-refractivity contribution is 9.10. The second kappa shape index (κ2) is 7.11. The quantitative estimate of drug-likeness (QED) is 0.854. The number of rotatable bonds is 5. The number of nitrogens with one attached hydrogen (secondary N) is 1. The van der Waals surface area contributed by atoms with Crippen LogP contribution < -0.4 is 10.2 Å². The molecule has 4 heteroatoms. The molecule has 0 fully saturated rings. The maximum Gasteiger partial charge on any atom is 0.0417 e. The molecule has 106 valence electrons. The summed E-state index contributed by atoms with van der Waals surface area (Å²) >= 11 is 9.46. The highest BCUT2D eigenvalue weighted by Crippen LogP contribution is 2.21. The fourth-order valence-corrected chi connectivity index (χ4v) is 2.74. The molecule has 0 aliphatic carbocycles. The van der Waals surface area contributed by atoms with Crippen molar-refractivity contribution >= 4 is 33.2 Å².